The Balaban J connectivity index is 1.56. The van der Waals surface area contributed by atoms with Gasteiger partial charge in [0.15, 0.2) is 0 Å². The summed E-state index contributed by atoms with van der Waals surface area (Å²) in [6, 6.07) is 4.65. The summed E-state index contributed by atoms with van der Waals surface area (Å²) in [6.07, 6.45) is 8.71. The Morgan fingerprint density at radius 3 is 2.90 bits per heavy atom. The Morgan fingerprint density at radius 2 is 2.29 bits per heavy atom. The summed E-state index contributed by atoms with van der Waals surface area (Å²) < 4.78 is 5.94. The number of hydrogen-bond acceptors (Lipinski definition) is 3. The van der Waals surface area contributed by atoms with Gasteiger partial charge in [-0.3, -0.25) is 9.69 Å². The van der Waals surface area contributed by atoms with E-state index >= 15 is 0 Å². The molecule has 1 aromatic rings. The molecule has 1 aromatic heterocycles. The Hall–Kier alpha value is -1.73. The third-order valence-corrected chi connectivity index (χ3v) is 4.31. The van der Waals surface area contributed by atoms with Gasteiger partial charge in [-0.25, -0.2) is 0 Å². The maximum absolute atomic E-state index is 11.8. The molecule has 1 heterocycles. The molecule has 4 heteroatoms. The molecule has 2 atom stereocenters. The van der Waals surface area contributed by atoms with E-state index in [0.29, 0.717) is 31.6 Å². The van der Waals surface area contributed by atoms with E-state index in [2.05, 4.69) is 35.2 Å². The molecule has 0 unspecified atom stereocenters. The van der Waals surface area contributed by atoms with E-state index < -0.39 is 0 Å². The zero-order valence-electron chi connectivity index (χ0n) is 12.5. The van der Waals surface area contributed by atoms with Crippen LogP contribution in [0.25, 0.3) is 0 Å². The minimum Gasteiger partial charge on any atom is -0.464 e. The highest BCUT2D eigenvalue weighted by Gasteiger charge is 2.37. The van der Waals surface area contributed by atoms with Gasteiger partial charge in [-0.15, -0.1) is 6.42 Å². The first-order valence-electron chi connectivity index (χ1n) is 7.70. The van der Waals surface area contributed by atoms with Crippen LogP contribution in [0.5, 0.6) is 0 Å². The highest BCUT2D eigenvalue weighted by atomic mass is 16.3. The van der Waals surface area contributed by atoms with Gasteiger partial charge in [-0.1, -0.05) is 12.8 Å². The SMILES string of the molecule is C#CCNC(=O)CN(Cc1ccc([C@@H]2C[C@H]2C)o1)C1CC1. The molecule has 0 bridgehead atoms. The molecule has 2 saturated carbocycles. The summed E-state index contributed by atoms with van der Waals surface area (Å²) in [6.45, 7) is 3.64. The number of terminal acetylenes is 1. The molecule has 0 aliphatic heterocycles. The Bertz CT molecular complexity index is 553. The standard InChI is InChI=1S/C17H22N2O2/c1-3-8-18-17(20)11-19(13-4-5-13)10-14-6-7-16(21-14)15-9-12(15)2/h1,6-7,12-13,15H,4-5,8-11H2,2H3,(H,18,20)/t12-,15-/m1/s1. The highest BCUT2D eigenvalue weighted by Crippen LogP contribution is 2.47. The predicted molar refractivity (Wildman–Crippen MR) is 80.5 cm³/mol. The Labute approximate surface area is 125 Å². The fraction of sp³-hybridized carbons (Fsp3) is 0.588. The van der Waals surface area contributed by atoms with Crippen molar-refractivity contribution >= 4 is 5.91 Å². The monoisotopic (exact) mass is 286 g/mol. The number of nitrogens with one attached hydrogen (secondary N) is 1. The average Bonchev–Trinajstić information content (AvgIpc) is 3.37. The first kappa shape index (κ1) is 14.2. The summed E-state index contributed by atoms with van der Waals surface area (Å²) in [5.41, 5.74) is 0. The van der Waals surface area contributed by atoms with Crippen molar-refractivity contribution in [2.45, 2.75) is 44.7 Å². The molecule has 112 valence electrons. The van der Waals surface area contributed by atoms with Gasteiger partial charge in [0.25, 0.3) is 0 Å². The first-order valence-corrected chi connectivity index (χ1v) is 7.70. The van der Waals surface area contributed by atoms with Crippen LogP contribution in [0.4, 0.5) is 0 Å². The molecule has 0 radical (unpaired) electrons. The van der Waals surface area contributed by atoms with Crippen LogP contribution in [0.3, 0.4) is 0 Å². The molecular weight excluding hydrogens is 264 g/mol. The van der Waals surface area contributed by atoms with Crippen molar-refractivity contribution in [2.75, 3.05) is 13.1 Å². The van der Waals surface area contributed by atoms with Crippen molar-refractivity contribution in [2.24, 2.45) is 5.92 Å². The summed E-state index contributed by atoms with van der Waals surface area (Å²) in [5, 5.41) is 2.72. The van der Waals surface area contributed by atoms with Crippen LogP contribution in [-0.4, -0.2) is 29.9 Å². The van der Waals surface area contributed by atoms with E-state index in [1.165, 1.54) is 6.42 Å². The van der Waals surface area contributed by atoms with E-state index in [9.17, 15) is 4.79 Å². The zero-order chi connectivity index (χ0) is 14.8. The molecule has 0 spiro atoms. The van der Waals surface area contributed by atoms with E-state index in [0.717, 1.165) is 30.3 Å². The lowest BCUT2D eigenvalue weighted by Crippen LogP contribution is -2.38. The average molecular weight is 286 g/mol. The van der Waals surface area contributed by atoms with Gasteiger partial charge in [0.05, 0.1) is 19.6 Å². The molecular formula is C17H22N2O2. The Kier molecular flexibility index (Phi) is 4.03. The van der Waals surface area contributed by atoms with Crippen LogP contribution < -0.4 is 5.32 Å². The quantitative estimate of drug-likeness (QED) is 0.781. The molecule has 21 heavy (non-hydrogen) atoms. The number of furan rings is 1. The van der Waals surface area contributed by atoms with Crippen molar-refractivity contribution < 1.29 is 9.21 Å². The van der Waals surface area contributed by atoms with Gasteiger partial charge in [0.2, 0.25) is 5.91 Å². The molecule has 1 N–H and O–H groups in total. The Morgan fingerprint density at radius 1 is 1.52 bits per heavy atom. The highest BCUT2D eigenvalue weighted by molar-refractivity contribution is 5.78. The minimum absolute atomic E-state index is 0.0116. The van der Waals surface area contributed by atoms with Gasteiger partial charge < -0.3 is 9.73 Å². The normalized spacial score (nSPS) is 23.9. The van der Waals surface area contributed by atoms with Crippen molar-refractivity contribution in [3.05, 3.63) is 23.7 Å². The second-order valence-corrected chi connectivity index (χ2v) is 6.24. The van der Waals surface area contributed by atoms with Crippen LogP contribution in [0.15, 0.2) is 16.5 Å². The van der Waals surface area contributed by atoms with Crippen LogP contribution in [-0.2, 0) is 11.3 Å². The van der Waals surface area contributed by atoms with E-state index in [1.54, 1.807) is 0 Å². The first-order chi connectivity index (χ1) is 10.2. The molecule has 2 aliphatic carbocycles. The number of nitrogens with zero attached hydrogens (tertiary/aromatic N) is 1. The van der Waals surface area contributed by atoms with Gasteiger partial charge in [-0.2, -0.15) is 0 Å². The molecule has 0 aromatic carbocycles. The summed E-state index contributed by atoms with van der Waals surface area (Å²) in [5.74, 6) is 5.83. The van der Waals surface area contributed by atoms with E-state index in [-0.39, 0.29) is 5.91 Å². The molecule has 3 rings (SSSR count). The molecule has 2 fully saturated rings. The number of amides is 1. The second kappa shape index (κ2) is 5.95. The lowest BCUT2D eigenvalue weighted by molar-refractivity contribution is -0.122. The second-order valence-electron chi connectivity index (χ2n) is 6.24. The van der Waals surface area contributed by atoms with Crippen molar-refractivity contribution in [1.29, 1.82) is 0 Å². The van der Waals surface area contributed by atoms with Crippen LogP contribution in [0.2, 0.25) is 0 Å². The van der Waals surface area contributed by atoms with Crippen LogP contribution in [0.1, 0.15) is 43.6 Å². The number of carbonyl (C=O) groups excluding carboxylic acids is 1. The molecule has 4 nitrogen and oxygen atoms in total. The third-order valence-electron chi connectivity index (χ3n) is 4.31. The van der Waals surface area contributed by atoms with Crippen molar-refractivity contribution in [3.8, 4) is 12.3 Å². The maximum atomic E-state index is 11.8. The number of carbonyl (C=O) groups is 1. The van der Waals surface area contributed by atoms with Crippen LogP contribution >= 0.6 is 0 Å². The summed E-state index contributed by atoms with van der Waals surface area (Å²) in [7, 11) is 0. The maximum Gasteiger partial charge on any atom is 0.234 e. The number of hydrogen-bond donors (Lipinski definition) is 1. The van der Waals surface area contributed by atoms with Crippen molar-refractivity contribution in [1.82, 2.24) is 10.2 Å². The van der Waals surface area contributed by atoms with Crippen LogP contribution in [0, 0.1) is 18.3 Å². The fourth-order valence-corrected chi connectivity index (χ4v) is 2.74. The number of rotatable bonds is 7. The van der Waals surface area contributed by atoms with E-state index in [1.807, 2.05) is 0 Å². The van der Waals surface area contributed by atoms with Gasteiger partial charge in [-0.05, 0) is 37.3 Å². The topological polar surface area (TPSA) is 45.5 Å². The predicted octanol–water partition coefficient (Wildman–Crippen LogP) is 2.12. The van der Waals surface area contributed by atoms with E-state index in [4.69, 9.17) is 10.8 Å². The molecule has 0 saturated heterocycles. The summed E-state index contributed by atoms with van der Waals surface area (Å²) >= 11 is 0. The van der Waals surface area contributed by atoms with Gasteiger partial charge in [0.1, 0.15) is 11.5 Å². The fourth-order valence-electron chi connectivity index (χ4n) is 2.74. The lowest BCUT2D eigenvalue weighted by Gasteiger charge is -2.19. The van der Waals surface area contributed by atoms with Crippen molar-refractivity contribution in [3.63, 3.8) is 0 Å². The minimum atomic E-state index is -0.0116. The lowest BCUT2D eigenvalue weighted by atomic mass is 10.3. The van der Waals surface area contributed by atoms with Gasteiger partial charge in [0, 0.05) is 12.0 Å². The summed E-state index contributed by atoms with van der Waals surface area (Å²) in [4.78, 5) is 14.0. The molecule has 1 amide bonds. The zero-order valence-corrected chi connectivity index (χ0v) is 12.5. The third kappa shape index (κ3) is 3.68. The van der Waals surface area contributed by atoms with Gasteiger partial charge >= 0.3 is 0 Å². The smallest absolute Gasteiger partial charge is 0.234 e. The molecule has 2 aliphatic rings. The largest absolute Gasteiger partial charge is 0.464 e.